The number of hydrogen-bond acceptors (Lipinski definition) is 6. The maximum absolute atomic E-state index is 11.6. The highest BCUT2D eigenvalue weighted by Crippen LogP contribution is 2.07. The molecule has 1 rings (SSSR count). The number of rotatable bonds is 6. The molecule has 6 heteroatoms. The van der Waals surface area contributed by atoms with Crippen LogP contribution < -0.4 is 11.1 Å². The van der Waals surface area contributed by atoms with Crippen LogP contribution in [0.4, 0.5) is 5.69 Å². The van der Waals surface area contributed by atoms with Crippen LogP contribution in [0.15, 0.2) is 24.5 Å². The molecular formula is C13H19N3O3. The molecular weight excluding hydrogens is 246 g/mol. The van der Waals surface area contributed by atoms with Crippen LogP contribution in [0.3, 0.4) is 0 Å². The first-order valence-corrected chi connectivity index (χ1v) is 6.18. The summed E-state index contributed by atoms with van der Waals surface area (Å²) < 4.78 is 4.67. The number of carbonyl (C=O) groups excluding carboxylic acids is 2. The zero-order chi connectivity index (χ0) is 14.3. The number of ether oxygens (including phenoxy) is 1. The second-order valence-electron chi connectivity index (χ2n) is 4.30. The van der Waals surface area contributed by atoms with E-state index in [1.165, 1.54) is 0 Å². The lowest BCUT2D eigenvalue weighted by Gasteiger charge is -2.16. The summed E-state index contributed by atoms with van der Waals surface area (Å²) in [5.41, 5.74) is 6.35. The van der Waals surface area contributed by atoms with Crippen molar-refractivity contribution in [2.45, 2.75) is 26.3 Å². The Kier molecular flexibility index (Phi) is 5.95. The Bertz CT molecular complexity index is 422. The molecule has 0 aliphatic rings. The Morgan fingerprint density at radius 2 is 2.26 bits per heavy atom. The molecule has 0 saturated heterocycles. The van der Waals surface area contributed by atoms with E-state index in [2.05, 4.69) is 15.0 Å². The molecule has 0 spiro atoms. The van der Waals surface area contributed by atoms with E-state index < -0.39 is 18.0 Å². The van der Waals surface area contributed by atoms with Crippen LogP contribution in [0.1, 0.15) is 20.3 Å². The normalized spacial score (nSPS) is 13.4. The number of nitrogens with one attached hydrogen (secondary N) is 1. The van der Waals surface area contributed by atoms with Crippen LogP contribution in [0.5, 0.6) is 0 Å². The fraction of sp³-hybridized carbons (Fsp3) is 0.462. The Hall–Kier alpha value is -1.95. The molecule has 0 saturated carbocycles. The minimum atomic E-state index is -0.771. The van der Waals surface area contributed by atoms with E-state index in [0.29, 0.717) is 5.69 Å². The van der Waals surface area contributed by atoms with Gasteiger partial charge in [-0.05, 0) is 18.1 Å². The highest BCUT2D eigenvalue weighted by Gasteiger charge is 2.23. The van der Waals surface area contributed by atoms with Crippen molar-refractivity contribution >= 4 is 17.6 Å². The number of nitrogens with two attached hydrogens (primary N) is 1. The fourth-order valence-electron chi connectivity index (χ4n) is 1.34. The number of hydrogen-bond donors (Lipinski definition) is 2. The van der Waals surface area contributed by atoms with Gasteiger partial charge in [-0.15, -0.1) is 0 Å². The summed E-state index contributed by atoms with van der Waals surface area (Å²) in [6.07, 6.45) is 3.94. The van der Waals surface area contributed by atoms with Crippen molar-refractivity contribution in [2.75, 3.05) is 11.9 Å². The molecule has 104 valence electrons. The second-order valence-corrected chi connectivity index (χ2v) is 4.30. The maximum atomic E-state index is 11.6. The maximum Gasteiger partial charge on any atom is 0.333 e. The van der Waals surface area contributed by atoms with Crippen molar-refractivity contribution in [3.63, 3.8) is 0 Å². The van der Waals surface area contributed by atoms with Gasteiger partial charge in [0.15, 0.2) is 0 Å². The van der Waals surface area contributed by atoms with E-state index in [1.54, 1.807) is 24.5 Å². The zero-order valence-electron chi connectivity index (χ0n) is 11.1. The molecule has 1 aromatic heterocycles. The Labute approximate surface area is 112 Å². The molecule has 0 aliphatic heterocycles. The van der Waals surface area contributed by atoms with E-state index >= 15 is 0 Å². The van der Waals surface area contributed by atoms with Crippen LogP contribution in [-0.4, -0.2) is 29.5 Å². The minimum absolute atomic E-state index is 0.0217. The summed E-state index contributed by atoms with van der Waals surface area (Å²) in [7, 11) is 0. The first-order valence-electron chi connectivity index (χ1n) is 6.18. The van der Waals surface area contributed by atoms with Crippen molar-refractivity contribution in [3.8, 4) is 0 Å². The average Bonchev–Trinajstić information content (AvgIpc) is 2.44. The van der Waals surface area contributed by atoms with Gasteiger partial charge in [0, 0.05) is 12.4 Å². The summed E-state index contributed by atoms with van der Waals surface area (Å²) in [4.78, 5) is 26.9. The molecule has 19 heavy (non-hydrogen) atoms. The van der Waals surface area contributed by atoms with Crippen molar-refractivity contribution in [3.05, 3.63) is 24.5 Å². The molecule has 1 heterocycles. The number of pyridine rings is 1. The summed E-state index contributed by atoms with van der Waals surface area (Å²) in [5, 5.41) is 2.80. The number of esters is 2. The van der Waals surface area contributed by atoms with Crippen LogP contribution in [0, 0.1) is 5.92 Å². The molecule has 1 aromatic rings. The van der Waals surface area contributed by atoms with Crippen LogP contribution in [-0.2, 0) is 14.3 Å². The highest BCUT2D eigenvalue weighted by atomic mass is 16.6. The lowest BCUT2D eigenvalue weighted by Crippen LogP contribution is -2.39. The van der Waals surface area contributed by atoms with Gasteiger partial charge in [-0.2, -0.15) is 0 Å². The lowest BCUT2D eigenvalue weighted by atomic mass is 10.0. The minimum Gasteiger partial charge on any atom is -0.391 e. The van der Waals surface area contributed by atoms with E-state index in [1.807, 2.05) is 13.8 Å². The van der Waals surface area contributed by atoms with Crippen molar-refractivity contribution in [1.29, 1.82) is 0 Å². The third kappa shape index (κ3) is 5.05. The third-order valence-corrected chi connectivity index (χ3v) is 2.84. The van der Waals surface area contributed by atoms with Gasteiger partial charge in [0.05, 0.1) is 5.69 Å². The standard InChI is InChI=1S/C13H19N3O3/c1-3-9(2)12(14)13(18)19-11(17)8-16-10-5-4-6-15-7-10/h4-7,9,12,16H,3,8,14H2,1-2H3/t9-,12-/m0/s1. The topological polar surface area (TPSA) is 94.3 Å². The largest absolute Gasteiger partial charge is 0.391 e. The van der Waals surface area contributed by atoms with Gasteiger partial charge < -0.3 is 15.8 Å². The number of nitrogens with zero attached hydrogens (tertiary/aromatic N) is 1. The predicted octanol–water partition coefficient (Wildman–Crippen LogP) is 0.937. The summed E-state index contributed by atoms with van der Waals surface area (Å²) in [6.45, 7) is 3.65. The monoisotopic (exact) mass is 265 g/mol. The lowest BCUT2D eigenvalue weighted by molar-refractivity contribution is -0.160. The third-order valence-electron chi connectivity index (χ3n) is 2.84. The molecule has 0 aliphatic carbocycles. The molecule has 0 aromatic carbocycles. The van der Waals surface area contributed by atoms with Gasteiger partial charge in [0.2, 0.25) is 0 Å². The second kappa shape index (κ2) is 7.48. The highest BCUT2D eigenvalue weighted by molar-refractivity contribution is 5.90. The smallest absolute Gasteiger partial charge is 0.333 e. The van der Waals surface area contributed by atoms with Crippen LogP contribution in [0.2, 0.25) is 0 Å². The summed E-state index contributed by atoms with van der Waals surface area (Å²) in [5.74, 6) is -1.37. The summed E-state index contributed by atoms with van der Waals surface area (Å²) in [6, 6.07) is 2.72. The fourth-order valence-corrected chi connectivity index (χ4v) is 1.34. The molecule has 0 unspecified atom stereocenters. The van der Waals surface area contributed by atoms with Gasteiger partial charge in [-0.25, -0.2) is 9.59 Å². The SMILES string of the molecule is CC[C@H](C)[C@H](N)C(=O)OC(=O)CNc1cccnc1. The van der Waals surface area contributed by atoms with Crippen LogP contribution in [0.25, 0.3) is 0 Å². The van der Waals surface area contributed by atoms with Crippen molar-refractivity contribution in [1.82, 2.24) is 4.98 Å². The first-order chi connectivity index (χ1) is 9.04. The summed E-state index contributed by atoms with van der Waals surface area (Å²) >= 11 is 0. The van der Waals surface area contributed by atoms with Gasteiger partial charge >= 0.3 is 11.9 Å². The van der Waals surface area contributed by atoms with Crippen molar-refractivity contribution < 1.29 is 14.3 Å². The number of anilines is 1. The predicted molar refractivity (Wildman–Crippen MR) is 71.3 cm³/mol. The van der Waals surface area contributed by atoms with E-state index in [4.69, 9.17) is 5.73 Å². The number of aromatic nitrogens is 1. The molecule has 2 atom stereocenters. The molecule has 0 bridgehead atoms. The zero-order valence-corrected chi connectivity index (χ0v) is 11.1. The molecule has 6 nitrogen and oxygen atoms in total. The first kappa shape index (κ1) is 15.1. The van der Waals surface area contributed by atoms with Gasteiger partial charge in [0.25, 0.3) is 0 Å². The number of carbonyl (C=O) groups is 2. The van der Waals surface area contributed by atoms with Gasteiger partial charge in [0.1, 0.15) is 12.6 Å². The van der Waals surface area contributed by atoms with Crippen molar-refractivity contribution in [2.24, 2.45) is 11.7 Å². The molecule has 0 amide bonds. The Morgan fingerprint density at radius 1 is 1.53 bits per heavy atom. The Morgan fingerprint density at radius 3 is 2.84 bits per heavy atom. The average molecular weight is 265 g/mol. The molecule has 0 radical (unpaired) electrons. The Balaban J connectivity index is 2.37. The van der Waals surface area contributed by atoms with Gasteiger partial charge in [-0.3, -0.25) is 4.98 Å². The van der Waals surface area contributed by atoms with Gasteiger partial charge in [-0.1, -0.05) is 20.3 Å². The molecule has 3 N–H and O–H groups in total. The quantitative estimate of drug-likeness (QED) is 0.587. The van der Waals surface area contributed by atoms with E-state index in [9.17, 15) is 9.59 Å². The van der Waals surface area contributed by atoms with Crippen LogP contribution >= 0.6 is 0 Å². The van der Waals surface area contributed by atoms with E-state index in [0.717, 1.165) is 6.42 Å². The molecule has 0 fully saturated rings. The van der Waals surface area contributed by atoms with E-state index in [-0.39, 0.29) is 12.5 Å².